The third-order valence-corrected chi connectivity index (χ3v) is 11.0. The second kappa shape index (κ2) is 15.4. The first kappa shape index (κ1) is 33.9. The highest BCUT2D eigenvalue weighted by molar-refractivity contribution is 9.10. The number of halogens is 2. The molecule has 0 heterocycles. The number of rotatable bonds is 12. The maximum Gasteiger partial charge on any atom is 0.264 e. The Bertz CT molecular complexity index is 1740. The molecule has 0 radical (unpaired) electrons. The minimum absolute atomic E-state index is 0.0507. The van der Waals surface area contributed by atoms with E-state index in [1.165, 1.54) is 4.90 Å². The summed E-state index contributed by atoms with van der Waals surface area (Å²) in [5.74, 6) is -0.725. The highest BCUT2D eigenvalue weighted by Gasteiger charge is 2.35. The molecular formula is C36H37Br2N3O4S. The van der Waals surface area contributed by atoms with Crippen LogP contribution in [0.25, 0.3) is 0 Å². The van der Waals surface area contributed by atoms with E-state index in [9.17, 15) is 18.0 Å². The maximum atomic E-state index is 14.6. The molecule has 1 saturated carbocycles. The van der Waals surface area contributed by atoms with E-state index in [1.807, 2.05) is 61.5 Å². The van der Waals surface area contributed by atoms with E-state index in [0.717, 1.165) is 55.6 Å². The third-order valence-electron chi connectivity index (χ3n) is 8.22. The van der Waals surface area contributed by atoms with Gasteiger partial charge in [-0.2, -0.15) is 0 Å². The molecular weight excluding hydrogens is 730 g/mol. The summed E-state index contributed by atoms with van der Waals surface area (Å²) in [7, 11) is -4.15. The van der Waals surface area contributed by atoms with E-state index in [4.69, 9.17) is 0 Å². The predicted octanol–water partition coefficient (Wildman–Crippen LogP) is 7.41. The zero-order valence-electron chi connectivity index (χ0n) is 25.6. The fourth-order valence-electron chi connectivity index (χ4n) is 5.73. The molecule has 0 spiro atoms. The number of sulfonamides is 1. The number of hydrogen-bond donors (Lipinski definition) is 1. The number of hydrogen-bond acceptors (Lipinski definition) is 4. The zero-order chi connectivity index (χ0) is 32.7. The van der Waals surface area contributed by atoms with Gasteiger partial charge in [0.15, 0.2) is 0 Å². The third kappa shape index (κ3) is 8.66. The smallest absolute Gasteiger partial charge is 0.264 e. The Kier molecular flexibility index (Phi) is 11.4. The lowest BCUT2D eigenvalue weighted by molar-refractivity contribution is -0.140. The summed E-state index contributed by atoms with van der Waals surface area (Å²) in [5.41, 5.74) is 2.97. The second-order valence-corrected chi connectivity index (χ2v) is 15.3. The van der Waals surface area contributed by atoms with Crippen molar-refractivity contribution in [3.8, 4) is 0 Å². The molecule has 2 amide bonds. The van der Waals surface area contributed by atoms with Crippen molar-refractivity contribution in [2.45, 2.75) is 62.6 Å². The normalized spacial score (nSPS) is 14.1. The van der Waals surface area contributed by atoms with Crippen molar-refractivity contribution in [3.05, 3.63) is 129 Å². The van der Waals surface area contributed by atoms with Gasteiger partial charge in [-0.3, -0.25) is 13.9 Å². The molecule has 10 heteroatoms. The van der Waals surface area contributed by atoms with Crippen molar-refractivity contribution in [2.24, 2.45) is 0 Å². The van der Waals surface area contributed by atoms with Crippen LogP contribution in [-0.4, -0.2) is 43.8 Å². The fourth-order valence-corrected chi connectivity index (χ4v) is 7.85. The van der Waals surface area contributed by atoms with Gasteiger partial charge in [0.25, 0.3) is 10.0 Å². The molecule has 1 aliphatic rings. The van der Waals surface area contributed by atoms with E-state index in [0.29, 0.717) is 5.69 Å². The van der Waals surface area contributed by atoms with Crippen molar-refractivity contribution in [2.75, 3.05) is 10.8 Å². The zero-order valence-corrected chi connectivity index (χ0v) is 29.6. The van der Waals surface area contributed by atoms with Gasteiger partial charge in [0.1, 0.15) is 12.6 Å². The van der Waals surface area contributed by atoms with Crippen LogP contribution in [0.1, 0.15) is 42.4 Å². The molecule has 1 N–H and O–H groups in total. The van der Waals surface area contributed by atoms with Crippen LogP contribution in [0.4, 0.5) is 5.69 Å². The molecule has 0 aliphatic heterocycles. The standard InChI is InChI=1S/C36H37Br2N3O4S/c1-26-14-20-33(21-15-26)46(44,45)41(32-18-16-29(37)17-19-32)25-35(42)40(24-28-10-7-11-30(38)22-28)34(23-27-8-3-2-4-9-27)36(43)39-31-12-5-6-13-31/h2-4,7-11,14-22,31,34H,5-6,12-13,23-25H2,1H3,(H,39,43)/t34-/m1/s1. The molecule has 1 fully saturated rings. The van der Waals surface area contributed by atoms with E-state index < -0.39 is 28.5 Å². The number of amides is 2. The first-order chi connectivity index (χ1) is 22.1. The molecule has 4 aromatic rings. The van der Waals surface area contributed by atoms with E-state index >= 15 is 0 Å². The van der Waals surface area contributed by atoms with Gasteiger partial charge in [0, 0.05) is 28.0 Å². The predicted molar refractivity (Wildman–Crippen MR) is 189 cm³/mol. The number of aryl methyl sites for hydroxylation is 1. The fraction of sp³-hybridized carbons (Fsp3) is 0.278. The lowest BCUT2D eigenvalue weighted by Gasteiger charge is -2.34. The quantitative estimate of drug-likeness (QED) is 0.163. The van der Waals surface area contributed by atoms with Crippen molar-refractivity contribution in [1.82, 2.24) is 10.2 Å². The Labute approximate surface area is 288 Å². The topological polar surface area (TPSA) is 86.8 Å². The van der Waals surface area contributed by atoms with Gasteiger partial charge in [-0.05, 0) is 79.4 Å². The molecule has 0 aromatic heterocycles. The lowest BCUT2D eigenvalue weighted by Crippen LogP contribution is -2.54. The van der Waals surface area contributed by atoms with Gasteiger partial charge in [-0.25, -0.2) is 8.42 Å². The number of nitrogens with zero attached hydrogens (tertiary/aromatic N) is 2. The monoisotopic (exact) mass is 765 g/mol. The SMILES string of the molecule is Cc1ccc(S(=O)(=O)N(CC(=O)N(Cc2cccc(Br)c2)[C@H](Cc2ccccc2)C(=O)NC2CCCC2)c2ccc(Br)cc2)cc1. The average Bonchev–Trinajstić information content (AvgIpc) is 3.55. The Morgan fingerprint density at radius 2 is 1.48 bits per heavy atom. The number of carbonyl (C=O) groups is 2. The van der Waals surface area contributed by atoms with Gasteiger partial charge < -0.3 is 10.2 Å². The summed E-state index contributed by atoms with van der Waals surface area (Å²) < 4.78 is 31.1. The van der Waals surface area contributed by atoms with Crippen molar-refractivity contribution in [3.63, 3.8) is 0 Å². The van der Waals surface area contributed by atoms with Gasteiger partial charge in [-0.1, -0.05) is 105 Å². The summed E-state index contributed by atoms with van der Waals surface area (Å²) >= 11 is 6.95. The van der Waals surface area contributed by atoms with E-state index in [2.05, 4.69) is 37.2 Å². The maximum absolute atomic E-state index is 14.6. The van der Waals surface area contributed by atoms with E-state index in [1.54, 1.807) is 48.5 Å². The molecule has 4 aromatic carbocycles. The Morgan fingerprint density at radius 3 is 2.13 bits per heavy atom. The van der Waals surface area contributed by atoms with Crippen LogP contribution >= 0.6 is 31.9 Å². The molecule has 1 atom stereocenters. The van der Waals surface area contributed by atoms with Crippen LogP contribution in [0.2, 0.25) is 0 Å². The molecule has 5 rings (SSSR count). The van der Waals surface area contributed by atoms with Crippen molar-refractivity contribution >= 4 is 59.4 Å². The Morgan fingerprint density at radius 1 is 0.826 bits per heavy atom. The summed E-state index contributed by atoms with van der Waals surface area (Å²) in [4.78, 5) is 30.3. The minimum atomic E-state index is -4.15. The summed E-state index contributed by atoms with van der Waals surface area (Å²) in [5, 5.41) is 3.21. The Hall–Kier alpha value is -3.47. The van der Waals surface area contributed by atoms with Crippen LogP contribution in [0, 0.1) is 6.92 Å². The molecule has 1 aliphatic carbocycles. The number of nitrogens with one attached hydrogen (secondary N) is 1. The van der Waals surface area contributed by atoms with E-state index in [-0.39, 0.29) is 29.8 Å². The first-order valence-corrected chi connectivity index (χ1v) is 18.4. The van der Waals surface area contributed by atoms with Crippen LogP contribution in [0.3, 0.4) is 0 Å². The Balaban J connectivity index is 1.56. The van der Waals surface area contributed by atoms with Crippen molar-refractivity contribution < 1.29 is 18.0 Å². The van der Waals surface area contributed by atoms with Crippen molar-refractivity contribution in [1.29, 1.82) is 0 Å². The highest BCUT2D eigenvalue weighted by Crippen LogP contribution is 2.27. The van der Waals surface area contributed by atoms with Gasteiger partial charge >= 0.3 is 0 Å². The molecule has 46 heavy (non-hydrogen) atoms. The lowest BCUT2D eigenvalue weighted by atomic mass is 10.0. The average molecular weight is 768 g/mol. The van der Waals surface area contributed by atoms with Gasteiger partial charge in [0.2, 0.25) is 11.8 Å². The second-order valence-electron chi connectivity index (χ2n) is 11.6. The highest BCUT2D eigenvalue weighted by atomic mass is 79.9. The minimum Gasteiger partial charge on any atom is -0.352 e. The van der Waals surface area contributed by atoms with Crippen LogP contribution in [-0.2, 0) is 32.6 Å². The first-order valence-electron chi connectivity index (χ1n) is 15.3. The summed E-state index contributed by atoms with van der Waals surface area (Å²) in [6.45, 7) is 1.51. The summed E-state index contributed by atoms with van der Waals surface area (Å²) in [6, 6.07) is 29.7. The molecule has 240 valence electrons. The van der Waals surface area contributed by atoms with Crippen LogP contribution in [0.15, 0.2) is 117 Å². The summed E-state index contributed by atoms with van der Waals surface area (Å²) in [6.07, 6.45) is 4.18. The molecule has 7 nitrogen and oxygen atoms in total. The van der Waals surface area contributed by atoms with Crippen LogP contribution < -0.4 is 9.62 Å². The number of anilines is 1. The van der Waals surface area contributed by atoms with Gasteiger partial charge in [-0.15, -0.1) is 0 Å². The largest absolute Gasteiger partial charge is 0.352 e. The molecule has 0 unspecified atom stereocenters. The number of benzene rings is 4. The molecule has 0 bridgehead atoms. The molecule has 0 saturated heterocycles. The van der Waals surface area contributed by atoms with Gasteiger partial charge in [0.05, 0.1) is 10.6 Å². The van der Waals surface area contributed by atoms with Crippen LogP contribution in [0.5, 0.6) is 0 Å². The number of carbonyl (C=O) groups excluding carboxylic acids is 2.